The third-order valence-electron chi connectivity index (χ3n) is 7.73. The van der Waals surface area contributed by atoms with Crippen LogP contribution in [-0.4, -0.2) is 78.2 Å². The first-order valence-corrected chi connectivity index (χ1v) is 13.9. The Balaban J connectivity index is 1.47. The molecule has 1 unspecified atom stereocenters. The standard InChI is InChI=1S/C26H37ClF3N5O3/c27-21-16-18(15-20(23(21)31)26(28,29)30)17-22(32-25(37)38-35-11-5-2-6-12-35)24(36)34-13-7-19(8-14-34)33-9-3-1-4-10-33/h15-16,19,22H,1-14,17,31H2,(H,32,37). The van der Waals surface area contributed by atoms with Crippen molar-refractivity contribution >= 4 is 29.3 Å². The Morgan fingerprint density at radius 2 is 1.61 bits per heavy atom. The average Bonchev–Trinajstić information content (AvgIpc) is 2.90. The van der Waals surface area contributed by atoms with Crippen molar-refractivity contribution in [3.05, 3.63) is 28.3 Å². The summed E-state index contributed by atoms with van der Waals surface area (Å²) in [5, 5.41) is 3.91. The Hall–Kier alpha value is -2.24. The van der Waals surface area contributed by atoms with Crippen molar-refractivity contribution < 1.29 is 27.6 Å². The SMILES string of the molecule is Nc1c(Cl)cc(CC(NC(=O)ON2CCCCC2)C(=O)N2CCC(N3CCCCC3)CC2)cc1C(F)(F)F. The normalized spacial score (nSPS) is 21.2. The summed E-state index contributed by atoms with van der Waals surface area (Å²) < 4.78 is 40.6. The van der Waals surface area contributed by atoms with Gasteiger partial charge in [0.25, 0.3) is 0 Å². The van der Waals surface area contributed by atoms with Crippen LogP contribution in [0.3, 0.4) is 0 Å². The van der Waals surface area contributed by atoms with Gasteiger partial charge in [0.05, 0.1) is 16.3 Å². The lowest BCUT2D eigenvalue weighted by Crippen LogP contribution is -2.54. The first-order chi connectivity index (χ1) is 18.1. The van der Waals surface area contributed by atoms with Crippen molar-refractivity contribution in [1.82, 2.24) is 20.2 Å². The minimum atomic E-state index is -4.71. The first kappa shape index (κ1) is 28.8. The van der Waals surface area contributed by atoms with Crippen molar-refractivity contribution in [3.8, 4) is 0 Å². The third-order valence-corrected chi connectivity index (χ3v) is 8.05. The molecule has 38 heavy (non-hydrogen) atoms. The number of rotatable bonds is 6. The van der Waals surface area contributed by atoms with Crippen LogP contribution in [-0.2, 0) is 22.2 Å². The van der Waals surface area contributed by atoms with Crippen molar-refractivity contribution in [2.45, 2.75) is 76.0 Å². The quantitative estimate of drug-likeness (QED) is 0.500. The second-order valence-electron chi connectivity index (χ2n) is 10.5. The lowest BCUT2D eigenvalue weighted by molar-refractivity contribution is -0.137. The maximum Gasteiger partial charge on any atom is 0.426 e. The van der Waals surface area contributed by atoms with Gasteiger partial charge >= 0.3 is 12.3 Å². The molecule has 0 saturated carbocycles. The molecule has 4 rings (SSSR count). The van der Waals surface area contributed by atoms with E-state index in [9.17, 15) is 22.8 Å². The Morgan fingerprint density at radius 1 is 1.00 bits per heavy atom. The number of carbonyl (C=O) groups is 2. The van der Waals surface area contributed by atoms with Crippen molar-refractivity contribution in [3.63, 3.8) is 0 Å². The predicted octanol–water partition coefficient (Wildman–Crippen LogP) is 4.46. The number of hydrogen-bond donors (Lipinski definition) is 2. The number of hydroxylamine groups is 2. The van der Waals surface area contributed by atoms with Crippen LogP contribution < -0.4 is 11.1 Å². The zero-order chi connectivity index (χ0) is 27.3. The van der Waals surface area contributed by atoms with Gasteiger partial charge in [-0.15, -0.1) is 5.06 Å². The minimum absolute atomic E-state index is 0.149. The fraction of sp³-hybridized carbons (Fsp3) is 0.692. The maximum absolute atomic E-state index is 13.6. The minimum Gasteiger partial charge on any atom is -0.397 e. The van der Waals surface area contributed by atoms with Gasteiger partial charge in [-0.3, -0.25) is 4.79 Å². The van der Waals surface area contributed by atoms with Crippen molar-refractivity contribution in [2.24, 2.45) is 0 Å². The fourth-order valence-electron chi connectivity index (χ4n) is 5.66. The maximum atomic E-state index is 13.6. The van der Waals surface area contributed by atoms with E-state index in [2.05, 4.69) is 10.2 Å². The van der Waals surface area contributed by atoms with Crippen LogP contribution in [0.4, 0.5) is 23.7 Å². The summed E-state index contributed by atoms with van der Waals surface area (Å²) in [5.74, 6) is -0.348. The van der Waals surface area contributed by atoms with Crippen LogP contribution >= 0.6 is 11.6 Å². The number of amides is 2. The molecule has 3 saturated heterocycles. The van der Waals surface area contributed by atoms with E-state index in [4.69, 9.17) is 22.2 Å². The molecule has 0 aromatic heterocycles. The number of carbonyl (C=O) groups excluding carboxylic acids is 2. The lowest BCUT2D eigenvalue weighted by atomic mass is 9.97. The Morgan fingerprint density at radius 3 is 2.21 bits per heavy atom. The van der Waals surface area contributed by atoms with Crippen LogP contribution in [0.5, 0.6) is 0 Å². The molecule has 8 nitrogen and oxygen atoms in total. The van der Waals surface area contributed by atoms with E-state index in [1.807, 2.05) is 0 Å². The fourth-order valence-corrected chi connectivity index (χ4v) is 5.90. The average molecular weight is 560 g/mol. The van der Waals surface area contributed by atoms with Gasteiger partial charge in [0.15, 0.2) is 0 Å². The smallest absolute Gasteiger partial charge is 0.397 e. The van der Waals surface area contributed by atoms with Gasteiger partial charge in [-0.05, 0) is 69.3 Å². The molecule has 3 aliphatic heterocycles. The highest BCUT2D eigenvalue weighted by molar-refractivity contribution is 6.33. The van der Waals surface area contributed by atoms with Crippen LogP contribution in [0.25, 0.3) is 0 Å². The number of likely N-dealkylation sites (tertiary alicyclic amines) is 2. The van der Waals surface area contributed by atoms with Crippen molar-refractivity contribution in [2.75, 3.05) is 45.0 Å². The summed E-state index contributed by atoms with van der Waals surface area (Å²) in [6.45, 7) is 4.39. The molecule has 12 heteroatoms. The number of nitrogen functional groups attached to an aromatic ring is 1. The van der Waals surface area contributed by atoms with Crippen LogP contribution in [0.2, 0.25) is 5.02 Å². The monoisotopic (exact) mass is 559 g/mol. The van der Waals surface area contributed by atoms with Gasteiger partial charge in [-0.1, -0.05) is 24.4 Å². The van der Waals surface area contributed by atoms with Gasteiger partial charge in [-0.2, -0.15) is 13.2 Å². The molecule has 0 radical (unpaired) electrons. The molecule has 3 heterocycles. The summed E-state index contributed by atoms with van der Waals surface area (Å²) >= 11 is 6.02. The number of hydrogen-bond acceptors (Lipinski definition) is 6. The van der Waals surface area contributed by atoms with E-state index in [1.165, 1.54) is 25.3 Å². The number of nitrogens with one attached hydrogen (secondary N) is 1. The molecular weight excluding hydrogens is 523 g/mol. The van der Waals surface area contributed by atoms with Gasteiger partial charge in [0.1, 0.15) is 6.04 Å². The van der Waals surface area contributed by atoms with Gasteiger partial charge < -0.3 is 25.7 Å². The highest BCUT2D eigenvalue weighted by Gasteiger charge is 2.36. The molecule has 3 aliphatic rings. The largest absolute Gasteiger partial charge is 0.426 e. The summed E-state index contributed by atoms with van der Waals surface area (Å²) in [4.78, 5) is 35.9. The molecule has 0 bridgehead atoms. The molecular formula is C26H37ClF3N5O3. The number of piperidine rings is 3. The number of alkyl halides is 3. The van der Waals surface area contributed by atoms with E-state index in [1.54, 1.807) is 9.96 Å². The number of benzene rings is 1. The van der Waals surface area contributed by atoms with Crippen LogP contribution in [0.15, 0.2) is 12.1 Å². The van der Waals surface area contributed by atoms with Crippen LogP contribution in [0, 0.1) is 0 Å². The Bertz CT molecular complexity index is 976. The molecule has 1 aromatic carbocycles. The molecule has 212 valence electrons. The molecule has 1 atom stereocenters. The van der Waals surface area contributed by atoms with E-state index in [-0.39, 0.29) is 22.9 Å². The number of nitrogens with two attached hydrogens (primary N) is 1. The number of halogens is 4. The third kappa shape index (κ3) is 7.45. The van der Waals surface area contributed by atoms with E-state index < -0.39 is 29.6 Å². The van der Waals surface area contributed by atoms with E-state index in [0.29, 0.717) is 32.2 Å². The van der Waals surface area contributed by atoms with E-state index in [0.717, 1.165) is 51.3 Å². The van der Waals surface area contributed by atoms with Crippen molar-refractivity contribution in [1.29, 1.82) is 0 Å². The first-order valence-electron chi connectivity index (χ1n) is 13.5. The number of nitrogens with zero attached hydrogens (tertiary/aromatic N) is 3. The molecule has 0 aliphatic carbocycles. The highest BCUT2D eigenvalue weighted by atomic mass is 35.5. The molecule has 3 N–H and O–H groups in total. The topological polar surface area (TPSA) is 91.1 Å². The molecule has 2 amide bonds. The predicted molar refractivity (Wildman–Crippen MR) is 138 cm³/mol. The lowest BCUT2D eigenvalue weighted by Gasteiger charge is -2.41. The summed E-state index contributed by atoms with van der Waals surface area (Å²) in [5.41, 5.74) is 4.10. The highest BCUT2D eigenvalue weighted by Crippen LogP contribution is 2.38. The summed E-state index contributed by atoms with van der Waals surface area (Å²) in [6, 6.07) is 1.51. The number of anilines is 1. The van der Waals surface area contributed by atoms with Crippen LogP contribution in [0.1, 0.15) is 62.5 Å². The second kappa shape index (κ2) is 12.7. The second-order valence-corrected chi connectivity index (χ2v) is 10.9. The summed E-state index contributed by atoms with van der Waals surface area (Å²) in [6.07, 6.45) is 2.43. The van der Waals surface area contributed by atoms with Gasteiger partial charge in [0, 0.05) is 38.6 Å². The molecule has 0 spiro atoms. The zero-order valence-electron chi connectivity index (χ0n) is 21.6. The zero-order valence-corrected chi connectivity index (χ0v) is 22.3. The van der Waals surface area contributed by atoms with Gasteiger partial charge in [0.2, 0.25) is 5.91 Å². The van der Waals surface area contributed by atoms with Gasteiger partial charge in [-0.25, -0.2) is 4.79 Å². The Kier molecular flexibility index (Phi) is 9.64. The Labute approximate surface area is 226 Å². The summed E-state index contributed by atoms with van der Waals surface area (Å²) in [7, 11) is 0. The molecule has 1 aromatic rings. The molecule has 3 fully saturated rings. The van der Waals surface area contributed by atoms with E-state index >= 15 is 0 Å².